The molecule has 0 spiro atoms. The Morgan fingerprint density at radius 2 is 0.635 bits per heavy atom. The average Bonchev–Trinajstić information content (AvgIpc) is 3.37. The van der Waals surface area contributed by atoms with Crippen LogP contribution in [-0.2, 0) is 0 Å². The van der Waals surface area contributed by atoms with Gasteiger partial charge in [0, 0.05) is 33.9 Å². The van der Waals surface area contributed by atoms with Gasteiger partial charge in [-0.1, -0.05) is 206 Å². The Hall–Kier alpha value is -8.14. The highest BCUT2D eigenvalue weighted by atomic mass is 15.2. The zero-order chi connectivity index (χ0) is 41.7. The number of benzene rings is 10. The molecule has 0 saturated carbocycles. The predicted octanol–water partition coefficient (Wildman–Crippen LogP) is 14.1. The summed E-state index contributed by atoms with van der Waals surface area (Å²) in [6, 6.07) is 91.2. The molecule has 0 aromatic heterocycles. The van der Waals surface area contributed by atoms with E-state index < -0.39 is 0 Å². The first-order valence-electron chi connectivity index (χ1n) is 21.8. The Balaban J connectivity index is 1.26. The number of para-hydroxylation sites is 2. The smallest absolute Gasteiger partial charge is 0.252 e. The quantitative estimate of drug-likeness (QED) is 0.148. The predicted molar refractivity (Wildman–Crippen MR) is 268 cm³/mol. The van der Waals surface area contributed by atoms with E-state index >= 15 is 0 Å². The van der Waals surface area contributed by atoms with Gasteiger partial charge in [0.2, 0.25) is 0 Å². The topological polar surface area (TPSA) is 6.48 Å². The molecule has 0 N–H and O–H groups in total. The molecule has 0 fully saturated rings. The number of hydrogen-bond donors (Lipinski definition) is 0. The molecule has 12 rings (SSSR count). The van der Waals surface area contributed by atoms with Gasteiger partial charge in [-0.05, 0) is 103 Å². The minimum Gasteiger partial charge on any atom is -0.311 e. The number of nitrogens with zero attached hydrogens (tertiary/aromatic N) is 2. The van der Waals surface area contributed by atoms with E-state index in [9.17, 15) is 0 Å². The van der Waals surface area contributed by atoms with E-state index in [1.807, 2.05) is 0 Å². The fraction of sp³-hybridized carbons (Fsp3) is 0. The first kappa shape index (κ1) is 36.7. The maximum Gasteiger partial charge on any atom is 0.252 e. The summed E-state index contributed by atoms with van der Waals surface area (Å²) in [5.74, 6) is 0. The zero-order valence-electron chi connectivity index (χ0n) is 34.6. The summed E-state index contributed by atoms with van der Waals surface area (Å²) < 4.78 is 0. The van der Waals surface area contributed by atoms with Crippen LogP contribution in [0.4, 0.5) is 34.1 Å². The Morgan fingerprint density at radius 3 is 1.16 bits per heavy atom. The van der Waals surface area contributed by atoms with Crippen LogP contribution in [0.15, 0.2) is 249 Å². The van der Waals surface area contributed by atoms with Crippen LogP contribution in [-0.4, -0.2) is 6.71 Å². The van der Waals surface area contributed by atoms with Crippen molar-refractivity contribution in [3.8, 4) is 55.6 Å². The van der Waals surface area contributed by atoms with Crippen LogP contribution in [0.3, 0.4) is 0 Å². The Labute approximate surface area is 369 Å². The second-order valence-corrected chi connectivity index (χ2v) is 16.4. The van der Waals surface area contributed by atoms with Gasteiger partial charge in [0.05, 0.1) is 11.4 Å². The lowest BCUT2D eigenvalue weighted by Crippen LogP contribution is -2.61. The molecule has 0 bridgehead atoms. The van der Waals surface area contributed by atoms with Crippen LogP contribution in [0, 0.1) is 0 Å². The third-order valence-corrected chi connectivity index (χ3v) is 12.8. The Kier molecular flexibility index (Phi) is 8.97. The fourth-order valence-corrected chi connectivity index (χ4v) is 10.1. The van der Waals surface area contributed by atoms with E-state index in [0.717, 1.165) is 11.4 Å². The van der Waals surface area contributed by atoms with E-state index in [1.165, 1.54) is 94.8 Å². The van der Waals surface area contributed by atoms with Gasteiger partial charge in [-0.3, -0.25) is 0 Å². The molecule has 0 unspecified atom stereocenters. The van der Waals surface area contributed by atoms with Gasteiger partial charge in [0.15, 0.2) is 0 Å². The minimum absolute atomic E-state index is 0.0839. The third-order valence-electron chi connectivity index (χ3n) is 12.8. The van der Waals surface area contributed by atoms with E-state index in [4.69, 9.17) is 0 Å². The lowest BCUT2D eigenvalue weighted by Gasteiger charge is -2.46. The van der Waals surface area contributed by atoms with Gasteiger partial charge < -0.3 is 9.80 Å². The highest BCUT2D eigenvalue weighted by Gasteiger charge is 2.46. The van der Waals surface area contributed by atoms with Crippen molar-refractivity contribution >= 4 is 57.2 Å². The largest absolute Gasteiger partial charge is 0.311 e. The van der Waals surface area contributed by atoms with Crippen molar-refractivity contribution in [1.82, 2.24) is 0 Å². The lowest BCUT2D eigenvalue weighted by atomic mass is 9.33. The van der Waals surface area contributed by atoms with Crippen LogP contribution in [0.1, 0.15) is 0 Å². The van der Waals surface area contributed by atoms with Gasteiger partial charge >= 0.3 is 0 Å². The van der Waals surface area contributed by atoms with Crippen molar-refractivity contribution in [3.63, 3.8) is 0 Å². The van der Waals surface area contributed by atoms with Gasteiger partial charge in [-0.15, -0.1) is 0 Å². The second kappa shape index (κ2) is 15.4. The molecular weight excluding hydrogens is 759 g/mol. The van der Waals surface area contributed by atoms with Gasteiger partial charge in [-0.25, -0.2) is 0 Å². The molecule has 3 heteroatoms. The van der Waals surface area contributed by atoms with Gasteiger partial charge in [0.25, 0.3) is 6.71 Å². The molecule has 294 valence electrons. The maximum atomic E-state index is 2.58. The normalized spacial score (nSPS) is 12.3. The first-order valence-corrected chi connectivity index (χ1v) is 21.8. The van der Waals surface area contributed by atoms with Crippen LogP contribution >= 0.6 is 0 Å². The maximum absolute atomic E-state index is 2.58. The number of fused-ring (bicyclic) bond motifs is 4. The Morgan fingerprint density at radius 1 is 0.254 bits per heavy atom. The monoisotopic (exact) mass is 800 g/mol. The van der Waals surface area contributed by atoms with Crippen molar-refractivity contribution in [2.75, 3.05) is 9.80 Å². The summed E-state index contributed by atoms with van der Waals surface area (Å²) >= 11 is 0. The van der Waals surface area contributed by atoms with Crippen LogP contribution in [0.2, 0.25) is 0 Å². The summed E-state index contributed by atoms with van der Waals surface area (Å²) in [4.78, 5) is 5.11. The van der Waals surface area contributed by atoms with Crippen LogP contribution in [0.5, 0.6) is 0 Å². The van der Waals surface area contributed by atoms with Gasteiger partial charge in [-0.2, -0.15) is 0 Å². The highest BCUT2D eigenvalue weighted by molar-refractivity contribution is 7.00. The number of anilines is 6. The molecule has 10 aromatic carbocycles. The molecule has 0 saturated heterocycles. The summed E-state index contributed by atoms with van der Waals surface area (Å²) in [6.45, 7) is -0.0839. The van der Waals surface area contributed by atoms with Gasteiger partial charge in [0.1, 0.15) is 0 Å². The molecule has 2 aliphatic rings. The molecule has 0 atom stereocenters. The molecule has 2 heterocycles. The number of rotatable bonds is 7. The van der Waals surface area contributed by atoms with Crippen molar-refractivity contribution in [3.05, 3.63) is 249 Å². The van der Waals surface area contributed by atoms with E-state index in [-0.39, 0.29) is 6.71 Å². The molecule has 10 aromatic rings. The number of hydrogen-bond acceptors (Lipinski definition) is 2. The summed E-state index contributed by atoms with van der Waals surface area (Å²) in [5.41, 5.74) is 22.8. The van der Waals surface area contributed by atoms with Crippen molar-refractivity contribution < 1.29 is 0 Å². The molecule has 63 heavy (non-hydrogen) atoms. The van der Waals surface area contributed by atoms with E-state index in [2.05, 4.69) is 259 Å². The second-order valence-electron chi connectivity index (χ2n) is 16.4. The van der Waals surface area contributed by atoms with Crippen molar-refractivity contribution in [2.45, 2.75) is 0 Å². The Bertz CT molecular complexity index is 3250. The van der Waals surface area contributed by atoms with E-state index in [1.54, 1.807) is 0 Å². The van der Waals surface area contributed by atoms with Crippen molar-refractivity contribution in [2.24, 2.45) is 0 Å². The zero-order valence-corrected chi connectivity index (χ0v) is 34.6. The average molecular weight is 801 g/mol. The first-order chi connectivity index (χ1) is 31.3. The molecule has 0 aliphatic carbocycles. The molecule has 2 nitrogen and oxygen atoms in total. The standard InChI is InChI=1S/C60H41BN2/c1-7-21-42(22-8-1)43-35-37-49(38-36-43)63-57-41-51(45-25-11-3-12-26-45)50(44-23-9-2-10-24-44)40-55(57)61-54-33-19-20-34-56(54)62(48-31-17-6-18-32-48)59-52(46-27-13-4-14-28-46)39-53(60(63)58(59)61)47-29-15-5-16-30-47/h1-41H. The van der Waals surface area contributed by atoms with Crippen LogP contribution in [0.25, 0.3) is 55.6 Å². The summed E-state index contributed by atoms with van der Waals surface area (Å²) in [5, 5.41) is 0. The molecule has 0 radical (unpaired) electrons. The third kappa shape index (κ3) is 6.20. The molecular formula is C60H41BN2. The van der Waals surface area contributed by atoms with Crippen LogP contribution < -0.4 is 26.2 Å². The minimum atomic E-state index is -0.0839. The highest BCUT2D eigenvalue weighted by Crippen LogP contribution is 2.52. The summed E-state index contributed by atoms with van der Waals surface area (Å²) in [7, 11) is 0. The van der Waals surface area contributed by atoms with Crippen molar-refractivity contribution in [1.29, 1.82) is 0 Å². The SMILES string of the molecule is c1ccc(-c2ccc(N3c4cc(-c5ccccc5)c(-c5ccccc5)cc4B4c5ccccc5N(c5ccccc5)c5c(-c6ccccc6)cc(-c6ccccc6)c3c54)cc2)cc1. The lowest BCUT2D eigenvalue weighted by molar-refractivity contribution is 1.25. The van der Waals surface area contributed by atoms with E-state index in [0.29, 0.717) is 0 Å². The molecule has 2 aliphatic heterocycles. The summed E-state index contributed by atoms with van der Waals surface area (Å²) in [6.07, 6.45) is 0. The molecule has 0 amide bonds. The fourth-order valence-electron chi connectivity index (χ4n) is 10.1.